The maximum absolute atomic E-state index is 12.8. The number of hydrogen-bond donors (Lipinski definition) is 1. The predicted octanol–water partition coefficient (Wildman–Crippen LogP) is 2.36. The Hall–Kier alpha value is -3.14. The normalized spacial score (nSPS) is 11.9. The molecule has 0 heterocycles. The van der Waals surface area contributed by atoms with Gasteiger partial charge in [-0.15, -0.1) is 0 Å². The Morgan fingerprint density at radius 1 is 0.935 bits per heavy atom. The van der Waals surface area contributed by atoms with Crippen molar-refractivity contribution in [3.05, 3.63) is 42.0 Å². The van der Waals surface area contributed by atoms with Crippen LogP contribution < -0.4 is 28.6 Å². The minimum atomic E-state index is -3.80. The van der Waals surface area contributed by atoms with Gasteiger partial charge in [-0.25, -0.2) is 8.42 Å². The molecule has 0 spiro atoms. The summed E-state index contributed by atoms with van der Waals surface area (Å²) in [5.41, 5.74) is 0.895. The van der Waals surface area contributed by atoms with Gasteiger partial charge in [-0.2, -0.15) is 0 Å². The first-order valence-electron chi connectivity index (χ1n) is 9.35. The molecule has 2 aromatic carbocycles. The van der Waals surface area contributed by atoms with Gasteiger partial charge in [0.25, 0.3) is 0 Å². The number of benzene rings is 2. The standard InChI is InChI=1S/C21H28N2O7S/c1-14(17-11-15(27-2)7-9-19(17)29-4)22-21(24)13-23(31(6,25)26)18-12-16(28-3)8-10-20(18)30-5/h7-12,14H,13H2,1-6H3,(H,22,24). The molecule has 0 bridgehead atoms. The van der Waals surface area contributed by atoms with Crippen molar-refractivity contribution in [1.82, 2.24) is 5.32 Å². The van der Waals surface area contributed by atoms with Crippen LogP contribution in [-0.4, -0.2) is 55.6 Å². The van der Waals surface area contributed by atoms with Crippen LogP contribution in [-0.2, 0) is 14.8 Å². The third-order valence-electron chi connectivity index (χ3n) is 4.62. The Kier molecular flexibility index (Phi) is 7.98. The molecule has 1 amide bonds. The maximum atomic E-state index is 12.8. The molecule has 0 aliphatic heterocycles. The van der Waals surface area contributed by atoms with Gasteiger partial charge in [0.1, 0.15) is 29.5 Å². The summed E-state index contributed by atoms with van der Waals surface area (Å²) in [6.45, 7) is 1.32. The molecule has 1 atom stereocenters. The van der Waals surface area contributed by atoms with Crippen LogP contribution in [0.1, 0.15) is 18.5 Å². The van der Waals surface area contributed by atoms with Crippen LogP contribution in [0.3, 0.4) is 0 Å². The number of anilines is 1. The molecule has 0 radical (unpaired) electrons. The summed E-state index contributed by atoms with van der Waals surface area (Å²) in [4.78, 5) is 12.8. The van der Waals surface area contributed by atoms with Crippen LogP contribution >= 0.6 is 0 Å². The predicted molar refractivity (Wildman–Crippen MR) is 118 cm³/mol. The summed E-state index contributed by atoms with van der Waals surface area (Å²) in [7, 11) is 2.15. The summed E-state index contributed by atoms with van der Waals surface area (Å²) < 4.78 is 47.0. The zero-order chi connectivity index (χ0) is 23.2. The molecule has 0 aliphatic carbocycles. The molecule has 0 saturated heterocycles. The molecule has 170 valence electrons. The molecule has 2 aromatic rings. The highest BCUT2D eigenvalue weighted by molar-refractivity contribution is 7.92. The first-order chi connectivity index (χ1) is 14.6. The van der Waals surface area contributed by atoms with Gasteiger partial charge in [0.2, 0.25) is 15.9 Å². The third kappa shape index (κ3) is 5.94. The average molecular weight is 453 g/mol. The van der Waals surface area contributed by atoms with Gasteiger partial charge in [0.05, 0.1) is 46.4 Å². The van der Waals surface area contributed by atoms with Crippen LogP contribution in [0.4, 0.5) is 5.69 Å². The molecule has 1 N–H and O–H groups in total. The fourth-order valence-electron chi connectivity index (χ4n) is 3.05. The van der Waals surface area contributed by atoms with Crippen molar-refractivity contribution in [2.75, 3.05) is 45.5 Å². The Morgan fingerprint density at radius 3 is 2.00 bits per heavy atom. The van der Waals surface area contributed by atoms with Gasteiger partial charge in [0, 0.05) is 11.6 Å². The molecule has 1 unspecified atom stereocenters. The monoisotopic (exact) mass is 452 g/mol. The lowest BCUT2D eigenvalue weighted by molar-refractivity contribution is -0.120. The molecule has 31 heavy (non-hydrogen) atoms. The lowest BCUT2D eigenvalue weighted by atomic mass is 10.1. The molecule has 9 nitrogen and oxygen atoms in total. The molecule has 0 aliphatic rings. The number of carbonyl (C=O) groups excluding carboxylic acids is 1. The van der Waals surface area contributed by atoms with Crippen molar-refractivity contribution in [2.24, 2.45) is 0 Å². The van der Waals surface area contributed by atoms with Crippen molar-refractivity contribution in [3.63, 3.8) is 0 Å². The highest BCUT2D eigenvalue weighted by Crippen LogP contribution is 2.34. The minimum Gasteiger partial charge on any atom is -0.497 e. The zero-order valence-electron chi connectivity index (χ0n) is 18.5. The number of sulfonamides is 1. The van der Waals surface area contributed by atoms with Crippen LogP contribution in [0.25, 0.3) is 0 Å². The van der Waals surface area contributed by atoms with E-state index in [4.69, 9.17) is 18.9 Å². The SMILES string of the molecule is COc1ccc(OC)c(C(C)NC(=O)CN(c2cc(OC)ccc2OC)S(C)(=O)=O)c1. The second-order valence-electron chi connectivity index (χ2n) is 6.70. The van der Waals surface area contributed by atoms with Gasteiger partial charge in [0.15, 0.2) is 0 Å². The highest BCUT2D eigenvalue weighted by Gasteiger charge is 2.26. The van der Waals surface area contributed by atoms with Crippen LogP contribution in [0.15, 0.2) is 36.4 Å². The highest BCUT2D eigenvalue weighted by atomic mass is 32.2. The van der Waals surface area contributed by atoms with Crippen molar-refractivity contribution in [2.45, 2.75) is 13.0 Å². The molecule has 2 rings (SSSR count). The van der Waals surface area contributed by atoms with Gasteiger partial charge >= 0.3 is 0 Å². The summed E-state index contributed by atoms with van der Waals surface area (Å²) in [5.74, 6) is 1.40. The number of methoxy groups -OCH3 is 4. The number of amides is 1. The first-order valence-corrected chi connectivity index (χ1v) is 11.2. The molecular formula is C21H28N2O7S. The Morgan fingerprint density at radius 2 is 1.48 bits per heavy atom. The number of rotatable bonds is 10. The minimum absolute atomic E-state index is 0.200. The zero-order valence-corrected chi connectivity index (χ0v) is 19.3. The summed E-state index contributed by atoms with van der Waals surface area (Å²) >= 11 is 0. The summed E-state index contributed by atoms with van der Waals surface area (Å²) in [6, 6.07) is 9.49. The molecule has 0 aromatic heterocycles. The smallest absolute Gasteiger partial charge is 0.241 e. The lowest BCUT2D eigenvalue weighted by Crippen LogP contribution is -2.41. The van der Waals surface area contributed by atoms with Crippen molar-refractivity contribution in [3.8, 4) is 23.0 Å². The van der Waals surface area contributed by atoms with E-state index in [1.165, 1.54) is 27.4 Å². The van der Waals surface area contributed by atoms with E-state index in [0.717, 1.165) is 10.6 Å². The fraction of sp³-hybridized carbons (Fsp3) is 0.381. The lowest BCUT2D eigenvalue weighted by Gasteiger charge is -2.25. The fourth-order valence-corrected chi connectivity index (χ4v) is 3.90. The Bertz CT molecular complexity index is 1020. The first kappa shape index (κ1) is 24.1. The van der Waals surface area contributed by atoms with E-state index in [1.807, 2.05) is 0 Å². The van der Waals surface area contributed by atoms with E-state index < -0.39 is 28.5 Å². The molecular weight excluding hydrogens is 424 g/mol. The average Bonchev–Trinajstić information content (AvgIpc) is 2.75. The van der Waals surface area contributed by atoms with E-state index in [9.17, 15) is 13.2 Å². The van der Waals surface area contributed by atoms with Crippen molar-refractivity contribution < 1.29 is 32.2 Å². The number of carbonyl (C=O) groups is 1. The topological polar surface area (TPSA) is 103 Å². The van der Waals surface area contributed by atoms with E-state index in [1.54, 1.807) is 44.4 Å². The van der Waals surface area contributed by atoms with Crippen LogP contribution in [0.2, 0.25) is 0 Å². The van der Waals surface area contributed by atoms with E-state index in [0.29, 0.717) is 28.6 Å². The number of nitrogens with zero attached hydrogens (tertiary/aromatic N) is 1. The van der Waals surface area contributed by atoms with Gasteiger partial charge < -0.3 is 24.3 Å². The number of ether oxygens (including phenoxy) is 4. The van der Waals surface area contributed by atoms with E-state index in [2.05, 4.69) is 5.32 Å². The maximum Gasteiger partial charge on any atom is 0.241 e. The summed E-state index contributed by atoms with van der Waals surface area (Å²) in [5, 5.41) is 2.81. The van der Waals surface area contributed by atoms with Crippen molar-refractivity contribution in [1.29, 1.82) is 0 Å². The summed E-state index contributed by atoms with van der Waals surface area (Å²) in [6.07, 6.45) is 1.02. The van der Waals surface area contributed by atoms with Crippen LogP contribution in [0, 0.1) is 0 Å². The van der Waals surface area contributed by atoms with Gasteiger partial charge in [-0.1, -0.05) is 0 Å². The molecule has 0 fully saturated rings. The number of hydrogen-bond acceptors (Lipinski definition) is 7. The van der Waals surface area contributed by atoms with Gasteiger partial charge in [-0.3, -0.25) is 9.10 Å². The largest absolute Gasteiger partial charge is 0.497 e. The van der Waals surface area contributed by atoms with E-state index in [-0.39, 0.29) is 5.69 Å². The van der Waals surface area contributed by atoms with Gasteiger partial charge in [-0.05, 0) is 37.3 Å². The van der Waals surface area contributed by atoms with Crippen LogP contribution in [0.5, 0.6) is 23.0 Å². The second-order valence-corrected chi connectivity index (χ2v) is 8.61. The van der Waals surface area contributed by atoms with Crippen molar-refractivity contribution >= 4 is 21.6 Å². The molecule has 0 saturated carbocycles. The Balaban J connectivity index is 2.31. The number of nitrogens with one attached hydrogen (secondary N) is 1. The third-order valence-corrected chi connectivity index (χ3v) is 5.75. The Labute approximate surface area is 182 Å². The quantitative estimate of drug-likeness (QED) is 0.590. The molecule has 10 heteroatoms. The van der Waals surface area contributed by atoms with E-state index >= 15 is 0 Å². The second kappa shape index (κ2) is 10.3.